The van der Waals surface area contributed by atoms with Crippen molar-refractivity contribution in [3.8, 4) is 0 Å². The Morgan fingerprint density at radius 1 is 1.20 bits per heavy atom. The zero-order valence-electron chi connectivity index (χ0n) is 20.1. The number of carbonyl (C=O) groups excluding carboxylic acids is 1. The quantitative estimate of drug-likeness (QED) is 0.223. The van der Waals surface area contributed by atoms with Gasteiger partial charge in [0.05, 0.1) is 23.4 Å². The number of hydrogen-bond donors (Lipinski definition) is 1. The molecule has 0 saturated carbocycles. The Balaban J connectivity index is 1.48. The number of nitrogens with zero attached hydrogens (tertiary/aromatic N) is 4. The van der Waals surface area contributed by atoms with Crippen molar-refractivity contribution < 1.29 is 13.9 Å². The number of anilines is 1. The SMILES string of the molecule is Cc1[nH]nc2c1C(c1ccc(Br)cc1F)N(c1ccc3c(c1)ncn3COCC[Si](C)(C)C)C2=O. The molecule has 0 fully saturated rings. The molecular formula is C25H27BrFN5O2Si. The predicted molar refractivity (Wildman–Crippen MR) is 140 cm³/mol. The van der Waals surface area contributed by atoms with Crippen LogP contribution in [0.25, 0.3) is 11.0 Å². The number of fused-ring (bicyclic) bond motifs is 2. The number of carbonyl (C=O) groups is 1. The summed E-state index contributed by atoms with van der Waals surface area (Å²) >= 11 is 3.32. The third-order valence-electron chi connectivity index (χ3n) is 6.31. The fraction of sp³-hybridized carbons (Fsp3) is 0.320. The summed E-state index contributed by atoms with van der Waals surface area (Å²) in [5.41, 5.74) is 4.44. The van der Waals surface area contributed by atoms with E-state index in [1.807, 2.05) is 29.7 Å². The van der Waals surface area contributed by atoms with Crippen LogP contribution in [-0.2, 0) is 11.5 Å². The summed E-state index contributed by atoms with van der Waals surface area (Å²) in [6, 6.07) is 11.0. The molecule has 4 aromatic rings. The molecule has 5 rings (SSSR count). The van der Waals surface area contributed by atoms with E-state index in [1.54, 1.807) is 23.4 Å². The molecule has 0 bridgehead atoms. The van der Waals surface area contributed by atoms with Gasteiger partial charge in [0, 0.05) is 41.7 Å². The van der Waals surface area contributed by atoms with Crippen molar-refractivity contribution in [2.75, 3.05) is 11.5 Å². The molecule has 182 valence electrons. The first-order valence-electron chi connectivity index (χ1n) is 11.5. The lowest BCUT2D eigenvalue weighted by molar-refractivity contribution is 0.0898. The van der Waals surface area contributed by atoms with Crippen LogP contribution in [0.15, 0.2) is 47.2 Å². The van der Waals surface area contributed by atoms with Crippen LogP contribution in [0.2, 0.25) is 25.7 Å². The van der Waals surface area contributed by atoms with Crippen LogP contribution in [0.1, 0.15) is 33.4 Å². The molecule has 35 heavy (non-hydrogen) atoms. The average Bonchev–Trinajstić information content (AvgIpc) is 3.45. The second-order valence-corrected chi connectivity index (χ2v) is 16.6. The number of ether oxygens (including phenoxy) is 1. The zero-order chi connectivity index (χ0) is 24.9. The first-order chi connectivity index (χ1) is 16.6. The van der Waals surface area contributed by atoms with Gasteiger partial charge in [0.25, 0.3) is 5.91 Å². The summed E-state index contributed by atoms with van der Waals surface area (Å²) in [4.78, 5) is 19.6. The molecule has 1 unspecified atom stereocenters. The molecule has 10 heteroatoms. The molecule has 1 amide bonds. The van der Waals surface area contributed by atoms with Crippen LogP contribution >= 0.6 is 15.9 Å². The van der Waals surface area contributed by atoms with Crippen molar-refractivity contribution >= 4 is 46.6 Å². The maximum atomic E-state index is 15.1. The van der Waals surface area contributed by atoms with Gasteiger partial charge in [-0.05, 0) is 43.3 Å². The summed E-state index contributed by atoms with van der Waals surface area (Å²) in [6.45, 7) is 9.96. The van der Waals surface area contributed by atoms with E-state index in [1.165, 1.54) is 6.07 Å². The van der Waals surface area contributed by atoms with Crippen LogP contribution in [-0.4, -0.2) is 40.3 Å². The van der Waals surface area contributed by atoms with Gasteiger partial charge in [-0.25, -0.2) is 9.37 Å². The Morgan fingerprint density at radius 3 is 2.74 bits per heavy atom. The first-order valence-corrected chi connectivity index (χ1v) is 16.0. The highest BCUT2D eigenvalue weighted by Crippen LogP contribution is 2.43. The monoisotopic (exact) mass is 555 g/mol. The van der Waals surface area contributed by atoms with Gasteiger partial charge in [-0.3, -0.25) is 14.8 Å². The molecule has 7 nitrogen and oxygen atoms in total. The number of benzene rings is 2. The van der Waals surface area contributed by atoms with Crippen LogP contribution in [0.5, 0.6) is 0 Å². The van der Waals surface area contributed by atoms with Gasteiger partial charge in [-0.2, -0.15) is 5.10 Å². The smallest absolute Gasteiger partial charge is 0.280 e. The number of aromatic nitrogens is 4. The van der Waals surface area contributed by atoms with E-state index in [2.05, 4.69) is 50.8 Å². The fourth-order valence-corrected chi connectivity index (χ4v) is 5.52. The molecule has 0 aliphatic carbocycles. The summed E-state index contributed by atoms with van der Waals surface area (Å²) in [5.74, 6) is -0.665. The van der Waals surface area contributed by atoms with E-state index in [-0.39, 0.29) is 5.91 Å². The molecule has 1 N–H and O–H groups in total. The van der Waals surface area contributed by atoms with Gasteiger partial charge in [0.15, 0.2) is 5.69 Å². The van der Waals surface area contributed by atoms with E-state index >= 15 is 4.39 Å². The Kier molecular flexibility index (Phi) is 6.14. The third kappa shape index (κ3) is 4.46. The van der Waals surface area contributed by atoms with E-state index in [4.69, 9.17) is 4.74 Å². The lowest BCUT2D eigenvalue weighted by atomic mass is 9.98. The molecular weight excluding hydrogens is 529 g/mol. The largest absolute Gasteiger partial charge is 0.361 e. The number of imidazole rings is 1. The lowest BCUT2D eigenvalue weighted by Gasteiger charge is -2.26. The standard InChI is InChI=1S/C25H27BrFN5O2Si/c1-15-22-23(30-29-15)25(33)32(24(22)18-7-5-16(26)11-19(18)27)17-6-8-21-20(12-17)28-13-31(21)14-34-9-10-35(2,3)4/h5-8,11-13,24H,9-10,14H2,1-4H3,(H,29,30). The molecule has 1 atom stereocenters. The fourth-order valence-electron chi connectivity index (χ4n) is 4.43. The molecule has 1 aliphatic heterocycles. The highest BCUT2D eigenvalue weighted by Gasteiger charge is 2.43. The minimum absolute atomic E-state index is 0.273. The van der Waals surface area contributed by atoms with Crippen LogP contribution in [0.4, 0.5) is 10.1 Å². The summed E-state index contributed by atoms with van der Waals surface area (Å²) in [5, 5.41) is 7.10. The molecule has 2 aromatic heterocycles. The van der Waals surface area contributed by atoms with Crippen LogP contribution < -0.4 is 4.90 Å². The van der Waals surface area contributed by atoms with Crippen molar-refractivity contribution in [1.82, 2.24) is 19.7 Å². The normalized spacial score (nSPS) is 15.9. The van der Waals surface area contributed by atoms with E-state index in [0.29, 0.717) is 33.7 Å². The predicted octanol–water partition coefficient (Wildman–Crippen LogP) is 6.03. The van der Waals surface area contributed by atoms with Gasteiger partial charge in [0.1, 0.15) is 12.5 Å². The summed E-state index contributed by atoms with van der Waals surface area (Å²) < 4.78 is 23.6. The highest BCUT2D eigenvalue weighted by molar-refractivity contribution is 9.10. The number of H-pyrrole nitrogens is 1. The first kappa shape index (κ1) is 23.9. The van der Waals surface area contributed by atoms with Gasteiger partial charge in [0.2, 0.25) is 0 Å². The van der Waals surface area contributed by atoms with Gasteiger partial charge < -0.3 is 9.30 Å². The van der Waals surface area contributed by atoms with E-state index in [0.717, 1.165) is 29.4 Å². The Bertz CT molecular complexity index is 1430. The van der Waals surface area contributed by atoms with Crippen LogP contribution in [0.3, 0.4) is 0 Å². The second kappa shape index (κ2) is 9.00. The maximum absolute atomic E-state index is 15.1. The van der Waals surface area contributed by atoms with Gasteiger partial charge in [-0.1, -0.05) is 41.6 Å². The Morgan fingerprint density at radius 2 is 2.00 bits per heavy atom. The summed E-state index contributed by atoms with van der Waals surface area (Å²) in [7, 11) is -1.15. The Hall–Kier alpha value is -2.82. The average molecular weight is 557 g/mol. The number of halogens is 2. The maximum Gasteiger partial charge on any atom is 0.280 e. The molecule has 0 saturated heterocycles. The molecule has 0 radical (unpaired) electrons. The van der Waals surface area contributed by atoms with Crippen LogP contribution in [0, 0.1) is 12.7 Å². The number of aryl methyl sites for hydroxylation is 1. The topological polar surface area (TPSA) is 76.0 Å². The molecule has 1 aliphatic rings. The number of rotatable bonds is 7. The lowest BCUT2D eigenvalue weighted by Crippen LogP contribution is -2.30. The van der Waals surface area contributed by atoms with Crippen molar-refractivity contribution in [3.63, 3.8) is 0 Å². The summed E-state index contributed by atoms with van der Waals surface area (Å²) in [6.07, 6.45) is 1.75. The molecule has 2 aromatic carbocycles. The van der Waals surface area contributed by atoms with Crippen molar-refractivity contribution in [2.24, 2.45) is 0 Å². The highest BCUT2D eigenvalue weighted by atomic mass is 79.9. The van der Waals surface area contributed by atoms with E-state index in [9.17, 15) is 4.79 Å². The van der Waals surface area contributed by atoms with E-state index < -0.39 is 19.9 Å². The van der Waals surface area contributed by atoms with Gasteiger partial charge >= 0.3 is 0 Å². The van der Waals surface area contributed by atoms with Crippen molar-refractivity contribution in [3.05, 3.63) is 75.5 Å². The minimum Gasteiger partial charge on any atom is -0.361 e. The zero-order valence-corrected chi connectivity index (χ0v) is 22.7. The number of nitrogens with one attached hydrogen (secondary N) is 1. The third-order valence-corrected chi connectivity index (χ3v) is 8.51. The molecule has 0 spiro atoms. The second-order valence-electron chi connectivity index (χ2n) is 10.1. The number of hydrogen-bond acceptors (Lipinski definition) is 4. The molecule has 3 heterocycles. The number of aromatic amines is 1. The Labute approximate surface area is 212 Å². The van der Waals surface area contributed by atoms with Gasteiger partial charge in [-0.15, -0.1) is 0 Å². The van der Waals surface area contributed by atoms with Crippen molar-refractivity contribution in [2.45, 2.75) is 45.4 Å². The van der Waals surface area contributed by atoms with Crippen molar-refractivity contribution in [1.29, 1.82) is 0 Å². The minimum atomic E-state index is -1.15. The number of amides is 1.